The highest BCUT2D eigenvalue weighted by atomic mass is 16.5. The molecule has 1 saturated carbocycles. The molecule has 2 atom stereocenters. The Balaban J connectivity index is 1.35. The number of fused-ring (bicyclic) bond motifs is 1. The highest BCUT2D eigenvalue weighted by Gasteiger charge is 2.58. The SMILES string of the molecule is CCC(CC)n1cc(-c2nc(-c3cnn(C4C[C@]45CNCCO5)c3)cn3nccc23)cn1. The number of hydrogen-bond acceptors (Lipinski definition) is 6. The molecule has 1 saturated heterocycles. The monoisotopic (exact) mass is 432 g/mol. The van der Waals surface area contributed by atoms with Gasteiger partial charge in [0.2, 0.25) is 0 Å². The number of hydrogen-bond donors (Lipinski definition) is 1. The van der Waals surface area contributed by atoms with Crippen LogP contribution in [-0.2, 0) is 4.74 Å². The van der Waals surface area contributed by atoms with Gasteiger partial charge in [0, 0.05) is 43.0 Å². The third kappa shape index (κ3) is 3.15. The minimum Gasteiger partial charge on any atom is -0.370 e. The molecule has 0 aromatic carbocycles. The van der Waals surface area contributed by atoms with Crippen LogP contribution in [0.4, 0.5) is 0 Å². The fourth-order valence-electron chi connectivity index (χ4n) is 4.87. The molecule has 2 aliphatic rings. The molecule has 1 spiro atoms. The Morgan fingerprint density at radius 3 is 2.81 bits per heavy atom. The van der Waals surface area contributed by atoms with Crippen LogP contribution in [0, 0.1) is 0 Å². The third-order valence-electron chi connectivity index (χ3n) is 6.88. The zero-order valence-corrected chi connectivity index (χ0v) is 18.5. The van der Waals surface area contributed by atoms with E-state index in [0.29, 0.717) is 6.04 Å². The first-order valence-corrected chi connectivity index (χ1v) is 11.5. The van der Waals surface area contributed by atoms with Gasteiger partial charge in [0.25, 0.3) is 0 Å². The highest BCUT2D eigenvalue weighted by molar-refractivity contribution is 5.78. The Kier molecular flexibility index (Phi) is 4.62. The Morgan fingerprint density at radius 1 is 1.12 bits per heavy atom. The molecule has 9 heteroatoms. The van der Waals surface area contributed by atoms with Gasteiger partial charge in [-0.15, -0.1) is 0 Å². The second kappa shape index (κ2) is 7.53. The van der Waals surface area contributed by atoms with Crippen molar-refractivity contribution in [3.8, 4) is 22.5 Å². The lowest BCUT2D eigenvalue weighted by atomic mass is 10.1. The Hall–Kier alpha value is -3.04. The molecule has 166 valence electrons. The Morgan fingerprint density at radius 2 is 2.00 bits per heavy atom. The van der Waals surface area contributed by atoms with Gasteiger partial charge in [0.05, 0.1) is 60.4 Å². The Bertz CT molecular complexity index is 1240. The van der Waals surface area contributed by atoms with E-state index >= 15 is 0 Å². The van der Waals surface area contributed by atoms with E-state index in [1.54, 1.807) is 6.20 Å². The summed E-state index contributed by atoms with van der Waals surface area (Å²) in [6.45, 7) is 6.95. The van der Waals surface area contributed by atoms with Crippen LogP contribution in [0.15, 0.2) is 43.2 Å². The summed E-state index contributed by atoms with van der Waals surface area (Å²) < 4.78 is 12.0. The summed E-state index contributed by atoms with van der Waals surface area (Å²) in [6.07, 6.45) is 14.8. The summed E-state index contributed by atoms with van der Waals surface area (Å²) in [5.74, 6) is 0. The molecule has 0 amide bonds. The second-order valence-electron chi connectivity index (χ2n) is 8.83. The molecule has 1 aliphatic heterocycles. The molecule has 0 bridgehead atoms. The lowest BCUT2D eigenvalue weighted by Crippen LogP contribution is -2.41. The number of ether oxygens (including phenoxy) is 1. The summed E-state index contributed by atoms with van der Waals surface area (Å²) >= 11 is 0. The zero-order valence-electron chi connectivity index (χ0n) is 18.5. The number of nitrogens with zero attached hydrogens (tertiary/aromatic N) is 7. The molecule has 1 N–H and O–H groups in total. The number of rotatable bonds is 6. The summed E-state index contributed by atoms with van der Waals surface area (Å²) in [5, 5.41) is 17.2. The third-order valence-corrected chi connectivity index (χ3v) is 6.88. The van der Waals surface area contributed by atoms with Crippen molar-refractivity contribution < 1.29 is 4.74 Å². The smallest absolute Gasteiger partial charge is 0.105 e. The largest absolute Gasteiger partial charge is 0.370 e. The van der Waals surface area contributed by atoms with E-state index in [4.69, 9.17) is 9.72 Å². The predicted octanol–water partition coefficient (Wildman–Crippen LogP) is 3.12. The molecule has 6 rings (SSSR count). The van der Waals surface area contributed by atoms with Gasteiger partial charge in [-0.1, -0.05) is 13.8 Å². The van der Waals surface area contributed by atoms with Crippen LogP contribution in [0.1, 0.15) is 45.2 Å². The van der Waals surface area contributed by atoms with Gasteiger partial charge in [-0.05, 0) is 18.9 Å². The molecular weight excluding hydrogens is 404 g/mol. The maximum absolute atomic E-state index is 6.06. The number of nitrogens with one attached hydrogen (secondary N) is 1. The summed E-state index contributed by atoms with van der Waals surface area (Å²) in [6, 6.07) is 2.66. The van der Waals surface area contributed by atoms with Crippen LogP contribution in [0.2, 0.25) is 0 Å². The molecule has 0 radical (unpaired) electrons. The standard InChI is InChI=1S/C23H28N8O/c1-3-18(4-2)29-13-17(11-26-29)22-20-5-6-25-30(20)14-19(28-22)16-10-27-31(12-16)21-9-23(21)15-24-7-8-32-23/h5-6,10-14,18,21,24H,3-4,7-9,15H2,1-2H3/t21?,23-/m0/s1. The minimum absolute atomic E-state index is 0.101. The van der Waals surface area contributed by atoms with Gasteiger partial charge >= 0.3 is 0 Å². The first kappa shape index (κ1) is 19.6. The fraction of sp³-hybridized carbons (Fsp3) is 0.478. The van der Waals surface area contributed by atoms with Gasteiger partial charge in [0.1, 0.15) is 5.60 Å². The highest BCUT2D eigenvalue weighted by Crippen LogP contribution is 2.51. The summed E-state index contributed by atoms with van der Waals surface area (Å²) in [4.78, 5) is 5.02. The topological polar surface area (TPSA) is 87.1 Å². The van der Waals surface area contributed by atoms with Gasteiger partial charge in [-0.3, -0.25) is 9.36 Å². The van der Waals surface area contributed by atoms with Crippen LogP contribution in [-0.4, -0.2) is 59.5 Å². The quantitative estimate of drug-likeness (QED) is 0.504. The predicted molar refractivity (Wildman–Crippen MR) is 120 cm³/mol. The lowest BCUT2D eigenvalue weighted by Gasteiger charge is -2.24. The lowest BCUT2D eigenvalue weighted by molar-refractivity contribution is -0.00251. The normalized spacial score (nSPS) is 22.9. The van der Waals surface area contributed by atoms with Crippen molar-refractivity contribution in [2.75, 3.05) is 19.7 Å². The van der Waals surface area contributed by atoms with Crippen LogP contribution >= 0.6 is 0 Å². The molecule has 5 heterocycles. The molecule has 1 unspecified atom stereocenters. The summed E-state index contributed by atoms with van der Waals surface area (Å²) in [5.41, 5.74) is 4.56. The van der Waals surface area contributed by atoms with E-state index in [2.05, 4.69) is 51.5 Å². The number of morpholine rings is 1. The van der Waals surface area contributed by atoms with Crippen LogP contribution < -0.4 is 5.32 Å². The van der Waals surface area contributed by atoms with Crippen LogP contribution in [0.3, 0.4) is 0 Å². The first-order chi connectivity index (χ1) is 15.7. The van der Waals surface area contributed by atoms with E-state index in [1.165, 1.54) is 0 Å². The van der Waals surface area contributed by atoms with E-state index in [9.17, 15) is 0 Å². The van der Waals surface area contributed by atoms with Crippen molar-refractivity contribution in [3.63, 3.8) is 0 Å². The van der Waals surface area contributed by atoms with Crippen LogP contribution in [0.25, 0.3) is 28.0 Å². The molecule has 2 fully saturated rings. The van der Waals surface area contributed by atoms with Crippen molar-refractivity contribution in [3.05, 3.63) is 43.2 Å². The van der Waals surface area contributed by atoms with Gasteiger partial charge in [-0.25, -0.2) is 9.50 Å². The maximum atomic E-state index is 6.06. The van der Waals surface area contributed by atoms with Crippen molar-refractivity contribution >= 4 is 5.52 Å². The van der Waals surface area contributed by atoms with Gasteiger partial charge in [-0.2, -0.15) is 15.3 Å². The molecule has 1 aliphatic carbocycles. The van der Waals surface area contributed by atoms with E-state index in [1.807, 2.05) is 33.9 Å². The summed E-state index contributed by atoms with van der Waals surface area (Å²) in [7, 11) is 0. The second-order valence-corrected chi connectivity index (χ2v) is 8.83. The maximum Gasteiger partial charge on any atom is 0.105 e. The van der Waals surface area contributed by atoms with E-state index in [-0.39, 0.29) is 11.6 Å². The molecule has 9 nitrogen and oxygen atoms in total. The Labute approximate surface area is 186 Å². The van der Waals surface area contributed by atoms with E-state index in [0.717, 1.165) is 67.0 Å². The van der Waals surface area contributed by atoms with Crippen molar-refractivity contribution in [2.45, 2.75) is 50.8 Å². The average Bonchev–Trinajstić information content (AvgIpc) is 3.33. The molecule has 32 heavy (non-hydrogen) atoms. The molecule has 4 aromatic heterocycles. The number of aromatic nitrogens is 7. The van der Waals surface area contributed by atoms with Gasteiger partial charge < -0.3 is 10.1 Å². The minimum atomic E-state index is -0.101. The molecular formula is C23H28N8O. The van der Waals surface area contributed by atoms with Gasteiger partial charge in [0.15, 0.2) is 0 Å². The zero-order chi connectivity index (χ0) is 21.7. The fourth-order valence-corrected chi connectivity index (χ4v) is 4.87. The average molecular weight is 433 g/mol. The van der Waals surface area contributed by atoms with Crippen molar-refractivity contribution in [1.82, 2.24) is 39.5 Å². The van der Waals surface area contributed by atoms with Crippen molar-refractivity contribution in [1.29, 1.82) is 0 Å². The first-order valence-electron chi connectivity index (χ1n) is 11.5. The van der Waals surface area contributed by atoms with E-state index < -0.39 is 0 Å². The molecule has 4 aromatic rings. The van der Waals surface area contributed by atoms with Crippen molar-refractivity contribution in [2.24, 2.45) is 0 Å². The van der Waals surface area contributed by atoms with Crippen LogP contribution in [0.5, 0.6) is 0 Å².